The molecule has 26 heavy (non-hydrogen) atoms. The molecule has 7 heteroatoms. The van der Waals surface area contributed by atoms with E-state index in [-0.39, 0.29) is 0 Å². The zero-order chi connectivity index (χ0) is 18.2. The summed E-state index contributed by atoms with van der Waals surface area (Å²) in [5, 5.41) is 9.44. The minimum Gasteiger partial charge on any atom is -0.357 e. The van der Waals surface area contributed by atoms with Crippen molar-refractivity contribution in [1.82, 2.24) is 20.5 Å². The second kappa shape index (κ2) is 9.90. The lowest BCUT2D eigenvalue weighted by molar-refractivity contribution is 0.263. The van der Waals surface area contributed by atoms with E-state index in [0.717, 1.165) is 57.2 Å². The zero-order valence-corrected chi connectivity index (χ0v) is 16.7. The number of pyridine rings is 1. The molecular weight excluding hydrogens is 366 g/mol. The van der Waals surface area contributed by atoms with E-state index in [1.807, 2.05) is 29.7 Å². The van der Waals surface area contributed by atoms with Gasteiger partial charge in [-0.05, 0) is 48.4 Å². The molecule has 0 aliphatic carbocycles. The summed E-state index contributed by atoms with van der Waals surface area (Å²) in [6.45, 7) is 7.75. The highest BCUT2D eigenvalue weighted by molar-refractivity contribution is 7.10. The molecule has 0 bridgehead atoms. The van der Waals surface area contributed by atoms with Crippen LogP contribution in [0, 0.1) is 0 Å². The Morgan fingerprint density at radius 3 is 3.08 bits per heavy atom. The second-order valence-corrected chi connectivity index (χ2v) is 7.71. The van der Waals surface area contributed by atoms with Crippen molar-refractivity contribution in [2.24, 2.45) is 4.99 Å². The smallest absolute Gasteiger partial charge is 0.191 e. The Kier molecular flexibility index (Phi) is 7.29. The molecule has 1 aliphatic heterocycles. The third-order valence-electron chi connectivity index (χ3n) is 4.41. The Hall–Kier alpha value is -1.63. The second-order valence-electron chi connectivity index (χ2n) is 6.32. The number of guanidine groups is 1. The van der Waals surface area contributed by atoms with Crippen LogP contribution in [0.3, 0.4) is 0 Å². The molecule has 5 nitrogen and oxygen atoms in total. The molecule has 3 heterocycles. The average molecular weight is 392 g/mol. The molecule has 2 aromatic rings. The highest BCUT2D eigenvalue weighted by atomic mass is 35.5. The van der Waals surface area contributed by atoms with Gasteiger partial charge in [0.05, 0.1) is 6.54 Å². The summed E-state index contributed by atoms with van der Waals surface area (Å²) in [6, 6.07) is 6.09. The molecule has 0 saturated carbocycles. The summed E-state index contributed by atoms with van der Waals surface area (Å²) in [5.74, 6) is 0.877. The van der Waals surface area contributed by atoms with Gasteiger partial charge < -0.3 is 10.6 Å². The Labute approximate surface area is 164 Å². The number of hydrogen-bond donors (Lipinski definition) is 2. The SMILES string of the molecule is CCNC(=NCCN1CCc2sccc2C1)NCCc1ccc(Cl)nc1. The highest BCUT2D eigenvalue weighted by Crippen LogP contribution is 2.23. The Morgan fingerprint density at radius 2 is 2.27 bits per heavy atom. The minimum atomic E-state index is 0.531. The number of halogens is 1. The topological polar surface area (TPSA) is 52.6 Å². The van der Waals surface area contributed by atoms with E-state index in [2.05, 4.69) is 38.9 Å². The Balaban J connectivity index is 1.42. The Morgan fingerprint density at radius 1 is 1.35 bits per heavy atom. The molecular formula is C19H26ClN5S. The van der Waals surface area contributed by atoms with Crippen LogP contribution in [0.5, 0.6) is 0 Å². The van der Waals surface area contributed by atoms with Crippen molar-refractivity contribution in [2.45, 2.75) is 26.3 Å². The van der Waals surface area contributed by atoms with Gasteiger partial charge in [-0.3, -0.25) is 9.89 Å². The summed E-state index contributed by atoms with van der Waals surface area (Å²) in [7, 11) is 0. The normalized spacial score (nSPS) is 14.9. The molecule has 0 amide bonds. The lowest BCUT2D eigenvalue weighted by atomic mass is 10.1. The maximum absolute atomic E-state index is 5.82. The highest BCUT2D eigenvalue weighted by Gasteiger charge is 2.16. The van der Waals surface area contributed by atoms with Crippen molar-refractivity contribution < 1.29 is 0 Å². The number of rotatable bonds is 7. The van der Waals surface area contributed by atoms with Crippen LogP contribution in [0.15, 0.2) is 34.8 Å². The number of aliphatic imine (C=N–C) groups is 1. The van der Waals surface area contributed by atoms with Crippen molar-refractivity contribution in [2.75, 3.05) is 32.7 Å². The van der Waals surface area contributed by atoms with Crippen molar-refractivity contribution in [3.63, 3.8) is 0 Å². The van der Waals surface area contributed by atoms with Gasteiger partial charge in [0.15, 0.2) is 5.96 Å². The van der Waals surface area contributed by atoms with Gasteiger partial charge in [-0.1, -0.05) is 17.7 Å². The minimum absolute atomic E-state index is 0.531. The monoisotopic (exact) mass is 391 g/mol. The third-order valence-corrected chi connectivity index (χ3v) is 5.66. The zero-order valence-electron chi connectivity index (χ0n) is 15.2. The van der Waals surface area contributed by atoms with Crippen LogP contribution in [0.4, 0.5) is 0 Å². The fourth-order valence-corrected chi connectivity index (χ4v) is 4.02. The molecule has 2 aromatic heterocycles. The first-order valence-electron chi connectivity index (χ1n) is 9.15. The van der Waals surface area contributed by atoms with Crippen molar-refractivity contribution in [1.29, 1.82) is 0 Å². The lowest BCUT2D eigenvalue weighted by Gasteiger charge is -2.26. The first-order valence-corrected chi connectivity index (χ1v) is 10.4. The Bertz CT molecular complexity index is 713. The van der Waals surface area contributed by atoms with Gasteiger partial charge in [0, 0.05) is 43.8 Å². The van der Waals surface area contributed by atoms with Crippen molar-refractivity contribution in [3.8, 4) is 0 Å². The third kappa shape index (κ3) is 5.69. The summed E-state index contributed by atoms with van der Waals surface area (Å²) in [4.78, 5) is 12.9. The van der Waals surface area contributed by atoms with Gasteiger partial charge in [-0.2, -0.15) is 0 Å². The van der Waals surface area contributed by atoms with Gasteiger partial charge in [0.1, 0.15) is 5.15 Å². The molecule has 0 saturated heterocycles. The van der Waals surface area contributed by atoms with Crippen LogP contribution in [0.2, 0.25) is 5.15 Å². The van der Waals surface area contributed by atoms with Crippen LogP contribution in [0.1, 0.15) is 22.9 Å². The van der Waals surface area contributed by atoms with E-state index in [4.69, 9.17) is 16.6 Å². The quantitative estimate of drug-likeness (QED) is 0.433. The molecule has 3 rings (SSSR count). The number of hydrogen-bond acceptors (Lipinski definition) is 4. The van der Waals surface area contributed by atoms with Gasteiger partial charge in [0.2, 0.25) is 0 Å². The number of nitrogens with zero attached hydrogens (tertiary/aromatic N) is 3. The molecule has 140 valence electrons. The van der Waals surface area contributed by atoms with E-state index < -0.39 is 0 Å². The molecule has 0 radical (unpaired) electrons. The molecule has 0 fully saturated rings. The fraction of sp³-hybridized carbons (Fsp3) is 0.474. The summed E-state index contributed by atoms with van der Waals surface area (Å²) in [6.07, 6.45) is 3.88. The molecule has 0 aromatic carbocycles. The summed E-state index contributed by atoms with van der Waals surface area (Å²) >= 11 is 7.71. The van der Waals surface area contributed by atoms with Crippen LogP contribution < -0.4 is 10.6 Å². The predicted octanol–water partition coefficient (Wildman–Crippen LogP) is 2.95. The molecule has 2 N–H and O–H groups in total. The number of thiophene rings is 1. The maximum atomic E-state index is 5.82. The fourth-order valence-electron chi connectivity index (χ4n) is 3.02. The number of fused-ring (bicyclic) bond motifs is 1. The van der Waals surface area contributed by atoms with Crippen LogP contribution >= 0.6 is 22.9 Å². The lowest BCUT2D eigenvalue weighted by Crippen LogP contribution is -2.39. The van der Waals surface area contributed by atoms with E-state index >= 15 is 0 Å². The number of nitrogens with one attached hydrogen (secondary N) is 2. The standard InChI is InChI=1S/C19H26ClN5S/c1-2-21-19(22-8-5-15-3-4-18(20)24-13-15)23-9-11-25-10-6-17-16(14-25)7-12-26-17/h3-4,7,12-13H,2,5-6,8-11,14H2,1H3,(H2,21,22,23). The molecule has 0 atom stereocenters. The van der Waals surface area contributed by atoms with E-state index in [0.29, 0.717) is 5.15 Å². The van der Waals surface area contributed by atoms with E-state index in [1.54, 1.807) is 4.88 Å². The van der Waals surface area contributed by atoms with Gasteiger partial charge in [-0.25, -0.2) is 4.98 Å². The molecule has 1 aliphatic rings. The van der Waals surface area contributed by atoms with Crippen LogP contribution in [-0.4, -0.2) is 48.6 Å². The first kappa shape index (κ1) is 19.1. The van der Waals surface area contributed by atoms with E-state index in [1.165, 1.54) is 12.0 Å². The largest absolute Gasteiger partial charge is 0.357 e. The molecule has 0 unspecified atom stereocenters. The maximum Gasteiger partial charge on any atom is 0.191 e. The van der Waals surface area contributed by atoms with Crippen molar-refractivity contribution in [3.05, 3.63) is 50.9 Å². The van der Waals surface area contributed by atoms with Gasteiger partial charge >= 0.3 is 0 Å². The van der Waals surface area contributed by atoms with Crippen LogP contribution in [-0.2, 0) is 19.4 Å². The molecule has 0 spiro atoms. The van der Waals surface area contributed by atoms with Gasteiger partial charge in [0.25, 0.3) is 0 Å². The van der Waals surface area contributed by atoms with Crippen molar-refractivity contribution >= 4 is 28.9 Å². The van der Waals surface area contributed by atoms with E-state index in [9.17, 15) is 0 Å². The predicted molar refractivity (Wildman–Crippen MR) is 110 cm³/mol. The summed E-state index contributed by atoms with van der Waals surface area (Å²) < 4.78 is 0. The van der Waals surface area contributed by atoms with Crippen LogP contribution in [0.25, 0.3) is 0 Å². The van der Waals surface area contributed by atoms with Gasteiger partial charge in [-0.15, -0.1) is 11.3 Å². The first-order chi connectivity index (χ1) is 12.7. The number of aromatic nitrogens is 1. The average Bonchev–Trinajstić information content (AvgIpc) is 3.11. The summed E-state index contributed by atoms with van der Waals surface area (Å²) in [5.41, 5.74) is 2.66.